The summed E-state index contributed by atoms with van der Waals surface area (Å²) in [5, 5.41) is 11.8. The highest BCUT2D eigenvalue weighted by Gasteiger charge is 2.42. The van der Waals surface area contributed by atoms with Gasteiger partial charge >= 0.3 is 12.1 Å². The molecule has 30 heavy (non-hydrogen) atoms. The van der Waals surface area contributed by atoms with E-state index < -0.39 is 29.0 Å². The molecule has 0 aliphatic carbocycles. The normalized spacial score (nSPS) is 17.6. The molecule has 1 fully saturated rings. The maximum atomic E-state index is 14.0. The van der Waals surface area contributed by atoms with Crippen molar-refractivity contribution in [2.45, 2.75) is 71.6 Å². The molecule has 1 aromatic rings. The van der Waals surface area contributed by atoms with Gasteiger partial charge in [0.05, 0.1) is 17.5 Å². The van der Waals surface area contributed by atoms with E-state index in [2.05, 4.69) is 10.3 Å². The number of carboxylic acids is 1. The van der Waals surface area contributed by atoms with Crippen molar-refractivity contribution in [3.8, 4) is 0 Å². The Bertz CT molecular complexity index is 872. The van der Waals surface area contributed by atoms with Gasteiger partial charge in [0.2, 0.25) is 11.9 Å². The monoisotopic (exact) mass is 421 g/mol. The Morgan fingerprint density at radius 1 is 1.27 bits per heavy atom. The van der Waals surface area contributed by atoms with Gasteiger partial charge in [-0.3, -0.25) is 10.1 Å². The van der Waals surface area contributed by atoms with Crippen LogP contribution in [0.15, 0.2) is 23.2 Å². The predicted octanol–water partition coefficient (Wildman–Crippen LogP) is 3.70. The van der Waals surface area contributed by atoms with Gasteiger partial charge in [0.25, 0.3) is 0 Å². The number of ether oxygens (including phenoxy) is 1. The molecule has 1 aliphatic rings. The number of guanidine groups is 1. The zero-order valence-corrected chi connectivity index (χ0v) is 17.9. The van der Waals surface area contributed by atoms with Crippen molar-refractivity contribution in [3.63, 3.8) is 0 Å². The number of nitrogens with one attached hydrogen (secondary N) is 1. The van der Waals surface area contributed by atoms with E-state index in [0.717, 1.165) is 6.07 Å². The number of carboxylic acid groups (broad SMARTS) is 1. The Kier molecular flexibility index (Phi) is 6.84. The highest BCUT2D eigenvalue weighted by Crippen LogP contribution is 2.33. The molecule has 0 bridgehead atoms. The van der Waals surface area contributed by atoms with Crippen molar-refractivity contribution in [3.05, 3.63) is 35.1 Å². The molecule has 0 atom stereocenters. The number of amides is 2. The van der Waals surface area contributed by atoms with Crippen molar-refractivity contribution in [1.29, 1.82) is 0 Å². The van der Waals surface area contributed by atoms with E-state index in [1.807, 2.05) is 13.8 Å². The number of nitrogens with zero attached hydrogens (tertiary/aromatic N) is 2. The predicted molar refractivity (Wildman–Crippen MR) is 109 cm³/mol. The molecule has 164 valence electrons. The van der Waals surface area contributed by atoms with E-state index in [9.17, 15) is 23.9 Å². The van der Waals surface area contributed by atoms with Crippen LogP contribution in [0.1, 0.15) is 69.8 Å². The van der Waals surface area contributed by atoms with E-state index in [0.29, 0.717) is 18.4 Å². The lowest BCUT2D eigenvalue weighted by Gasteiger charge is -2.47. The second-order valence-electron chi connectivity index (χ2n) is 8.31. The van der Waals surface area contributed by atoms with Crippen molar-refractivity contribution < 1.29 is 28.6 Å². The number of hydrogen-bond acceptors (Lipinski definition) is 4. The van der Waals surface area contributed by atoms with Crippen molar-refractivity contribution in [1.82, 2.24) is 10.2 Å². The summed E-state index contributed by atoms with van der Waals surface area (Å²) in [6.45, 7) is 8.98. The average Bonchev–Trinajstić information content (AvgIpc) is 2.61. The van der Waals surface area contributed by atoms with Gasteiger partial charge in [0.15, 0.2) is 0 Å². The van der Waals surface area contributed by atoms with E-state index >= 15 is 0 Å². The highest BCUT2D eigenvalue weighted by atomic mass is 19.1. The first kappa shape index (κ1) is 23.3. The van der Waals surface area contributed by atoms with E-state index in [1.165, 1.54) is 12.1 Å². The van der Waals surface area contributed by atoms with Crippen LogP contribution in [0.5, 0.6) is 0 Å². The fourth-order valence-electron chi connectivity index (χ4n) is 3.49. The first-order valence-electron chi connectivity index (χ1n) is 9.81. The van der Waals surface area contributed by atoms with Crippen molar-refractivity contribution in [2.75, 3.05) is 0 Å². The smallest absolute Gasteiger partial charge is 0.437 e. The lowest BCUT2D eigenvalue weighted by Crippen LogP contribution is -2.62. The number of hydrogen-bond donors (Lipinski definition) is 2. The topological polar surface area (TPSA) is 108 Å². The van der Waals surface area contributed by atoms with Gasteiger partial charge in [0, 0.05) is 6.54 Å². The Hall–Kier alpha value is -2.97. The minimum Gasteiger partial charge on any atom is -0.478 e. The fraction of sp³-hybridized carbons (Fsp3) is 0.524. The van der Waals surface area contributed by atoms with Gasteiger partial charge in [-0.25, -0.2) is 14.0 Å². The SMILES string of the molecule is CCC1(CC)CC(=O)NC(=NC(=O)OC(C)(C)C)N1Cc1cc(F)cc(C(=O)O)c1. The Balaban J connectivity index is 2.51. The second-order valence-corrected chi connectivity index (χ2v) is 8.31. The fourth-order valence-corrected chi connectivity index (χ4v) is 3.49. The number of benzene rings is 1. The first-order chi connectivity index (χ1) is 13.9. The zero-order chi connectivity index (χ0) is 22.7. The molecule has 1 aromatic carbocycles. The van der Waals surface area contributed by atoms with Crippen LogP contribution in [0.3, 0.4) is 0 Å². The maximum absolute atomic E-state index is 14.0. The second kappa shape index (κ2) is 8.81. The average molecular weight is 421 g/mol. The molecule has 1 aliphatic heterocycles. The molecule has 2 N–H and O–H groups in total. The van der Waals surface area contributed by atoms with Crippen LogP contribution in [0.25, 0.3) is 0 Å². The summed E-state index contributed by atoms with van der Waals surface area (Å²) >= 11 is 0. The third kappa shape index (κ3) is 5.55. The van der Waals surface area contributed by atoms with Crippen LogP contribution in [-0.2, 0) is 16.1 Å². The first-order valence-corrected chi connectivity index (χ1v) is 9.81. The summed E-state index contributed by atoms with van der Waals surface area (Å²) in [7, 11) is 0. The molecular formula is C21H28FN3O5. The standard InChI is InChI=1S/C21H28FN3O5/c1-6-21(7-2)11-16(26)23-18(24-19(29)30-20(3,4)5)25(21)12-13-8-14(17(27)28)10-15(22)9-13/h8-10H,6-7,11-12H2,1-5H3,(H,27,28)(H,23,24,26,29). The highest BCUT2D eigenvalue weighted by molar-refractivity contribution is 6.03. The third-order valence-corrected chi connectivity index (χ3v) is 5.02. The number of carbonyl (C=O) groups excluding carboxylic acids is 2. The molecule has 9 heteroatoms. The van der Waals surface area contributed by atoms with Gasteiger partial charge in [0.1, 0.15) is 11.4 Å². The summed E-state index contributed by atoms with van der Waals surface area (Å²) < 4.78 is 19.2. The Labute approximate surface area is 175 Å². The number of halogens is 1. The van der Waals surface area contributed by atoms with Crippen molar-refractivity contribution in [2.24, 2.45) is 4.99 Å². The summed E-state index contributed by atoms with van der Waals surface area (Å²) in [4.78, 5) is 41.6. The molecule has 0 unspecified atom stereocenters. The van der Waals surface area contributed by atoms with Crippen LogP contribution in [0, 0.1) is 5.82 Å². The summed E-state index contributed by atoms with van der Waals surface area (Å²) in [6.07, 6.45) is 0.418. The molecule has 8 nitrogen and oxygen atoms in total. The van der Waals surface area contributed by atoms with Crippen LogP contribution in [0.4, 0.5) is 9.18 Å². The van der Waals surface area contributed by atoms with Crippen LogP contribution >= 0.6 is 0 Å². The minimum atomic E-state index is -1.25. The van der Waals surface area contributed by atoms with Crippen molar-refractivity contribution >= 4 is 23.9 Å². The molecule has 0 radical (unpaired) electrons. The third-order valence-electron chi connectivity index (χ3n) is 5.02. The largest absolute Gasteiger partial charge is 0.478 e. The molecule has 0 aromatic heterocycles. The number of aliphatic imine (C=N–C) groups is 1. The molecular weight excluding hydrogens is 393 g/mol. The molecule has 1 saturated heterocycles. The minimum absolute atomic E-state index is 0.00494. The molecule has 0 saturated carbocycles. The zero-order valence-electron chi connectivity index (χ0n) is 17.9. The summed E-state index contributed by atoms with van der Waals surface area (Å²) in [5.74, 6) is -2.22. The van der Waals surface area contributed by atoms with Gasteiger partial charge in [-0.2, -0.15) is 0 Å². The number of rotatable bonds is 5. The maximum Gasteiger partial charge on any atom is 0.437 e. The van der Waals surface area contributed by atoms with Gasteiger partial charge in [-0.1, -0.05) is 13.8 Å². The lowest BCUT2D eigenvalue weighted by molar-refractivity contribution is -0.124. The van der Waals surface area contributed by atoms with E-state index in [-0.39, 0.29) is 30.4 Å². The van der Waals surface area contributed by atoms with Gasteiger partial charge < -0.3 is 14.7 Å². The summed E-state index contributed by atoms with van der Waals surface area (Å²) in [5.41, 5.74) is -1.24. The quantitative estimate of drug-likeness (QED) is 0.751. The number of carbonyl (C=O) groups is 3. The number of aromatic carboxylic acids is 1. The Morgan fingerprint density at radius 2 is 1.90 bits per heavy atom. The van der Waals surface area contributed by atoms with E-state index in [1.54, 1.807) is 25.7 Å². The Morgan fingerprint density at radius 3 is 2.43 bits per heavy atom. The van der Waals surface area contributed by atoms with Crippen LogP contribution < -0.4 is 5.32 Å². The lowest BCUT2D eigenvalue weighted by atomic mass is 9.84. The summed E-state index contributed by atoms with van der Waals surface area (Å²) in [6, 6.07) is 3.53. The molecule has 2 rings (SSSR count). The van der Waals surface area contributed by atoms with E-state index in [4.69, 9.17) is 4.74 Å². The van der Waals surface area contributed by atoms with Crippen LogP contribution in [0.2, 0.25) is 0 Å². The molecule has 1 heterocycles. The molecule has 2 amide bonds. The van der Waals surface area contributed by atoms with Gasteiger partial charge in [-0.05, 0) is 57.4 Å². The molecule has 0 spiro atoms. The van der Waals surface area contributed by atoms with Gasteiger partial charge in [-0.15, -0.1) is 4.99 Å². The van der Waals surface area contributed by atoms with Crippen LogP contribution in [-0.4, -0.2) is 45.1 Å².